The summed E-state index contributed by atoms with van der Waals surface area (Å²) in [4.78, 5) is 23.7. The molecule has 0 bridgehead atoms. The van der Waals surface area contributed by atoms with Gasteiger partial charge in [0, 0.05) is 18.9 Å². The number of hydrogen-bond acceptors (Lipinski definition) is 4. The van der Waals surface area contributed by atoms with Gasteiger partial charge in [-0.25, -0.2) is 4.79 Å². The van der Waals surface area contributed by atoms with E-state index in [9.17, 15) is 9.59 Å². The van der Waals surface area contributed by atoms with Crippen molar-refractivity contribution in [1.82, 2.24) is 5.32 Å². The zero-order valence-corrected chi connectivity index (χ0v) is 11.0. The van der Waals surface area contributed by atoms with E-state index >= 15 is 0 Å². The molecule has 2 fully saturated rings. The van der Waals surface area contributed by atoms with Crippen LogP contribution in [0, 0.1) is 5.41 Å². The molecule has 1 N–H and O–H groups in total. The molecule has 1 aliphatic heterocycles. The Bertz CT molecular complexity index is 344. The van der Waals surface area contributed by atoms with Gasteiger partial charge in [-0.2, -0.15) is 0 Å². The van der Waals surface area contributed by atoms with Gasteiger partial charge in [0.1, 0.15) is 6.04 Å². The van der Waals surface area contributed by atoms with Crippen molar-refractivity contribution in [2.75, 3.05) is 13.7 Å². The molecular formula is C13H21NO4. The van der Waals surface area contributed by atoms with E-state index in [2.05, 4.69) is 5.32 Å². The summed E-state index contributed by atoms with van der Waals surface area (Å²) in [5.41, 5.74) is -0.303. The second kappa shape index (κ2) is 5.26. The molecule has 5 heteroatoms. The van der Waals surface area contributed by atoms with E-state index in [1.165, 1.54) is 0 Å². The van der Waals surface area contributed by atoms with Crippen LogP contribution in [0.15, 0.2) is 0 Å². The summed E-state index contributed by atoms with van der Waals surface area (Å²) in [5, 5.41) is 2.77. The van der Waals surface area contributed by atoms with Gasteiger partial charge in [-0.3, -0.25) is 4.79 Å². The number of carbonyl (C=O) groups excluding carboxylic acids is 2. The summed E-state index contributed by atoms with van der Waals surface area (Å²) in [6, 6.07) is -0.497. The molecular weight excluding hydrogens is 234 g/mol. The second-order valence-corrected chi connectivity index (χ2v) is 5.25. The third-order valence-corrected chi connectivity index (χ3v) is 4.12. The van der Waals surface area contributed by atoms with Gasteiger partial charge in [0.15, 0.2) is 0 Å². The predicted octanol–water partition coefficient (Wildman–Crippen LogP) is 1.01. The zero-order chi connectivity index (χ0) is 13.2. The number of methoxy groups -OCH3 is 1. The number of carbonyl (C=O) groups is 2. The molecule has 102 valence electrons. The van der Waals surface area contributed by atoms with Crippen LogP contribution in [0.1, 0.15) is 39.0 Å². The Kier molecular flexibility index (Phi) is 3.90. The Morgan fingerprint density at radius 1 is 1.56 bits per heavy atom. The lowest BCUT2D eigenvalue weighted by atomic mass is 9.68. The molecule has 2 aliphatic rings. The maximum atomic E-state index is 12.0. The van der Waals surface area contributed by atoms with E-state index < -0.39 is 6.04 Å². The molecule has 3 unspecified atom stereocenters. The quantitative estimate of drug-likeness (QED) is 0.764. The third-order valence-electron chi connectivity index (χ3n) is 4.12. The van der Waals surface area contributed by atoms with Crippen molar-refractivity contribution in [3.05, 3.63) is 0 Å². The van der Waals surface area contributed by atoms with Gasteiger partial charge in [0.25, 0.3) is 0 Å². The maximum Gasteiger partial charge on any atom is 0.329 e. The summed E-state index contributed by atoms with van der Waals surface area (Å²) in [7, 11) is 1.69. The van der Waals surface area contributed by atoms with Crippen molar-refractivity contribution in [2.45, 2.75) is 51.2 Å². The highest BCUT2D eigenvalue weighted by Gasteiger charge is 2.53. The highest BCUT2D eigenvalue weighted by Crippen LogP contribution is 2.46. The van der Waals surface area contributed by atoms with E-state index in [-0.39, 0.29) is 23.4 Å². The largest absolute Gasteiger partial charge is 0.464 e. The first-order valence-corrected chi connectivity index (χ1v) is 6.60. The monoisotopic (exact) mass is 255 g/mol. The van der Waals surface area contributed by atoms with Crippen LogP contribution in [0.4, 0.5) is 0 Å². The molecule has 3 atom stereocenters. The summed E-state index contributed by atoms with van der Waals surface area (Å²) < 4.78 is 10.5. The fourth-order valence-electron chi connectivity index (χ4n) is 3.28. The number of esters is 1. The molecule has 5 nitrogen and oxygen atoms in total. The van der Waals surface area contributed by atoms with Crippen LogP contribution in [-0.4, -0.2) is 37.7 Å². The minimum absolute atomic E-state index is 0.0511. The predicted molar refractivity (Wildman–Crippen MR) is 64.9 cm³/mol. The van der Waals surface area contributed by atoms with Crippen molar-refractivity contribution >= 4 is 11.9 Å². The van der Waals surface area contributed by atoms with Crippen molar-refractivity contribution in [3.63, 3.8) is 0 Å². The molecule has 2 rings (SSSR count). The van der Waals surface area contributed by atoms with Crippen LogP contribution >= 0.6 is 0 Å². The fraction of sp³-hybridized carbons (Fsp3) is 0.846. The van der Waals surface area contributed by atoms with E-state index in [0.29, 0.717) is 13.0 Å². The molecule has 0 radical (unpaired) electrons. The summed E-state index contributed by atoms with van der Waals surface area (Å²) in [6.45, 7) is 2.12. The average Bonchev–Trinajstić information content (AvgIpc) is 2.66. The Balaban J connectivity index is 2.17. The van der Waals surface area contributed by atoms with Gasteiger partial charge in [0.2, 0.25) is 5.91 Å². The van der Waals surface area contributed by atoms with Gasteiger partial charge in [-0.15, -0.1) is 0 Å². The zero-order valence-electron chi connectivity index (χ0n) is 11.0. The van der Waals surface area contributed by atoms with Crippen molar-refractivity contribution in [2.24, 2.45) is 5.41 Å². The molecule has 18 heavy (non-hydrogen) atoms. The first kappa shape index (κ1) is 13.3. The van der Waals surface area contributed by atoms with Crippen LogP contribution in [0.2, 0.25) is 0 Å². The lowest BCUT2D eigenvalue weighted by molar-refractivity contribution is -0.150. The van der Waals surface area contributed by atoms with Crippen LogP contribution in [0.3, 0.4) is 0 Å². The van der Waals surface area contributed by atoms with Gasteiger partial charge in [0.05, 0.1) is 12.7 Å². The fourth-order valence-corrected chi connectivity index (χ4v) is 3.28. The number of rotatable bonds is 3. The second-order valence-electron chi connectivity index (χ2n) is 5.25. The van der Waals surface area contributed by atoms with Crippen LogP contribution in [0.25, 0.3) is 0 Å². The van der Waals surface area contributed by atoms with E-state index in [0.717, 1.165) is 25.7 Å². The summed E-state index contributed by atoms with van der Waals surface area (Å²) in [6.07, 6.45) is 4.19. The molecule has 1 spiro atoms. The Morgan fingerprint density at radius 2 is 2.33 bits per heavy atom. The smallest absolute Gasteiger partial charge is 0.329 e. The van der Waals surface area contributed by atoms with Crippen LogP contribution in [-0.2, 0) is 19.1 Å². The minimum Gasteiger partial charge on any atom is -0.464 e. The first-order valence-electron chi connectivity index (χ1n) is 6.60. The molecule has 0 aromatic heterocycles. The molecule has 1 saturated carbocycles. The first-order chi connectivity index (χ1) is 8.61. The topological polar surface area (TPSA) is 64.6 Å². The number of nitrogens with one attached hydrogen (secondary N) is 1. The van der Waals surface area contributed by atoms with Gasteiger partial charge in [-0.05, 0) is 26.2 Å². The van der Waals surface area contributed by atoms with Crippen LogP contribution < -0.4 is 5.32 Å². The molecule has 1 heterocycles. The van der Waals surface area contributed by atoms with Crippen molar-refractivity contribution in [3.8, 4) is 0 Å². The van der Waals surface area contributed by atoms with Gasteiger partial charge < -0.3 is 14.8 Å². The lowest BCUT2D eigenvalue weighted by Gasteiger charge is -2.39. The van der Waals surface area contributed by atoms with Crippen molar-refractivity contribution in [1.29, 1.82) is 0 Å². The average molecular weight is 255 g/mol. The van der Waals surface area contributed by atoms with Crippen LogP contribution in [0.5, 0.6) is 0 Å². The molecule has 0 aromatic rings. The Labute approximate surface area is 107 Å². The van der Waals surface area contributed by atoms with E-state index in [4.69, 9.17) is 9.47 Å². The SMILES string of the molecule is CCOC(=O)C1NC(=O)CC12CCCC(OC)C2. The highest BCUT2D eigenvalue weighted by atomic mass is 16.5. The lowest BCUT2D eigenvalue weighted by Crippen LogP contribution is -2.48. The standard InChI is InChI=1S/C13H21NO4/c1-3-18-12(16)11-13(8-10(15)14-11)6-4-5-9(7-13)17-2/h9,11H,3-8H2,1-2H3,(H,14,15). The number of ether oxygens (including phenoxy) is 2. The molecule has 1 saturated heterocycles. The summed E-state index contributed by atoms with van der Waals surface area (Å²) in [5.74, 6) is -0.357. The van der Waals surface area contributed by atoms with Gasteiger partial charge in [-0.1, -0.05) is 6.42 Å². The molecule has 1 amide bonds. The van der Waals surface area contributed by atoms with E-state index in [1.807, 2.05) is 0 Å². The third kappa shape index (κ3) is 2.36. The molecule has 0 aromatic carbocycles. The Hall–Kier alpha value is -1.10. The minimum atomic E-state index is -0.497. The maximum absolute atomic E-state index is 12.0. The number of hydrogen-bond donors (Lipinski definition) is 1. The van der Waals surface area contributed by atoms with Crippen molar-refractivity contribution < 1.29 is 19.1 Å². The highest BCUT2D eigenvalue weighted by molar-refractivity contribution is 5.90. The van der Waals surface area contributed by atoms with Gasteiger partial charge >= 0.3 is 5.97 Å². The normalized spacial score (nSPS) is 35.6. The van der Waals surface area contributed by atoms with E-state index in [1.54, 1.807) is 14.0 Å². The summed E-state index contributed by atoms with van der Waals surface area (Å²) >= 11 is 0. The molecule has 1 aliphatic carbocycles. The Morgan fingerprint density at radius 3 is 3.00 bits per heavy atom. The number of amides is 1.